The Balaban J connectivity index is 2.14. The molecule has 1 atom stereocenters. The van der Waals surface area contributed by atoms with Crippen LogP contribution in [0.25, 0.3) is 0 Å². The van der Waals surface area contributed by atoms with Gasteiger partial charge in [-0.1, -0.05) is 0 Å². The van der Waals surface area contributed by atoms with Crippen LogP contribution >= 0.6 is 0 Å². The molecule has 7 heteroatoms. The molecule has 19 heavy (non-hydrogen) atoms. The lowest BCUT2D eigenvalue weighted by molar-refractivity contribution is 0.126. The molecule has 0 spiro atoms. The molecule has 2 rings (SSSR count). The van der Waals surface area contributed by atoms with Crippen LogP contribution in [-0.2, 0) is 11.2 Å². The van der Waals surface area contributed by atoms with Crippen LogP contribution in [0.4, 0.5) is 5.82 Å². The van der Waals surface area contributed by atoms with Gasteiger partial charge in [0.1, 0.15) is 17.9 Å². The normalized spacial score (nSPS) is 24.5. The molecule has 0 saturated heterocycles. The first-order valence-corrected chi connectivity index (χ1v) is 7.71. The van der Waals surface area contributed by atoms with Crippen molar-refractivity contribution in [1.29, 1.82) is 5.26 Å². The van der Waals surface area contributed by atoms with E-state index in [-0.39, 0.29) is 17.3 Å². The van der Waals surface area contributed by atoms with Crippen molar-refractivity contribution in [2.45, 2.75) is 43.0 Å². The van der Waals surface area contributed by atoms with Crippen molar-refractivity contribution in [2.24, 2.45) is 0 Å². The number of aliphatic hydroxyl groups excluding tert-OH is 1. The lowest BCUT2D eigenvalue weighted by Gasteiger charge is -2.26. The fourth-order valence-electron chi connectivity index (χ4n) is 2.11. The van der Waals surface area contributed by atoms with Crippen molar-refractivity contribution in [1.82, 2.24) is 9.97 Å². The molecule has 1 unspecified atom stereocenters. The number of hydrogen-bond donors (Lipinski definition) is 2. The fraction of sp³-hybridized carbons (Fsp3) is 0.583. The zero-order chi connectivity index (χ0) is 13.8. The highest BCUT2D eigenvalue weighted by Crippen LogP contribution is 2.23. The van der Waals surface area contributed by atoms with Crippen molar-refractivity contribution in [2.75, 3.05) is 11.6 Å². The van der Waals surface area contributed by atoms with Gasteiger partial charge in [-0.3, -0.25) is 0 Å². The van der Waals surface area contributed by atoms with Gasteiger partial charge in [0.2, 0.25) is 0 Å². The number of nitrogens with one attached hydrogen (secondary N) is 1. The summed E-state index contributed by atoms with van der Waals surface area (Å²) < 4.78 is 11.4. The number of anilines is 1. The average Bonchev–Trinajstić information content (AvgIpc) is 2.41. The topological polar surface area (TPSA) is 105 Å². The second-order valence-electron chi connectivity index (χ2n) is 4.63. The Morgan fingerprint density at radius 1 is 1.47 bits per heavy atom. The van der Waals surface area contributed by atoms with Gasteiger partial charge in [0.25, 0.3) is 0 Å². The summed E-state index contributed by atoms with van der Waals surface area (Å²) in [6, 6.07) is 2.21. The zero-order valence-corrected chi connectivity index (χ0v) is 11.5. The second-order valence-corrected chi connectivity index (χ2v) is 5.90. The lowest BCUT2D eigenvalue weighted by Crippen LogP contribution is -2.29. The van der Waals surface area contributed by atoms with Crippen LogP contribution in [0.3, 0.4) is 0 Å². The first-order valence-electron chi connectivity index (χ1n) is 6.15. The van der Waals surface area contributed by atoms with Crippen LogP contribution in [0.1, 0.15) is 31.2 Å². The summed E-state index contributed by atoms with van der Waals surface area (Å²) in [5.41, 5.74) is 0.348. The number of hydrogen-bond acceptors (Lipinski definition) is 6. The largest absolute Gasteiger partial charge is 0.609 e. The van der Waals surface area contributed by atoms with Gasteiger partial charge in [-0.2, -0.15) is 15.2 Å². The third kappa shape index (κ3) is 3.56. The molecule has 0 aromatic carbocycles. The van der Waals surface area contributed by atoms with E-state index in [4.69, 9.17) is 5.26 Å². The van der Waals surface area contributed by atoms with Crippen LogP contribution in [-0.4, -0.2) is 38.0 Å². The van der Waals surface area contributed by atoms with E-state index >= 15 is 0 Å². The highest BCUT2D eigenvalue weighted by atomic mass is 32.2. The Labute approximate surface area is 115 Å². The predicted octanol–water partition coefficient (Wildman–Crippen LogP) is 0.801. The maximum atomic E-state index is 11.4. The van der Waals surface area contributed by atoms with Gasteiger partial charge in [0.05, 0.1) is 12.3 Å². The second kappa shape index (κ2) is 6.19. The van der Waals surface area contributed by atoms with Crippen LogP contribution in [0.2, 0.25) is 0 Å². The van der Waals surface area contributed by atoms with Crippen molar-refractivity contribution in [3.05, 3.63) is 11.8 Å². The number of nitriles is 1. The van der Waals surface area contributed by atoms with E-state index in [0.717, 1.165) is 25.7 Å². The fourth-order valence-corrected chi connectivity index (χ4v) is 2.53. The van der Waals surface area contributed by atoms with Crippen molar-refractivity contribution >= 4 is 17.0 Å². The van der Waals surface area contributed by atoms with Crippen molar-refractivity contribution < 1.29 is 9.66 Å². The average molecular weight is 280 g/mol. The van der Waals surface area contributed by atoms with E-state index in [9.17, 15) is 9.66 Å². The summed E-state index contributed by atoms with van der Waals surface area (Å²) in [7, 11) is 0. The third-order valence-electron chi connectivity index (χ3n) is 3.18. The maximum Gasteiger partial charge on any atom is 0.344 e. The Morgan fingerprint density at radius 2 is 2.16 bits per heavy atom. The molecule has 1 aromatic rings. The Kier molecular flexibility index (Phi) is 4.58. The molecule has 0 amide bonds. The molecule has 0 bridgehead atoms. The van der Waals surface area contributed by atoms with Crippen LogP contribution in [0, 0.1) is 11.3 Å². The molecular formula is C12H16N4O2S. The summed E-state index contributed by atoms with van der Waals surface area (Å²) in [4.78, 5) is 8.05. The van der Waals surface area contributed by atoms with E-state index in [1.807, 2.05) is 6.07 Å². The minimum absolute atomic E-state index is 0.184. The quantitative estimate of drug-likeness (QED) is 0.627. The van der Waals surface area contributed by atoms with Gasteiger partial charge in [0, 0.05) is 17.2 Å². The number of aliphatic hydroxyl groups is 1. The first-order chi connectivity index (χ1) is 9.10. The van der Waals surface area contributed by atoms with Gasteiger partial charge in [-0.15, -0.1) is 0 Å². The summed E-state index contributed by atoms with van der Waals surface area (Å²) in [5.74, 6) is 0.434. The molecule has 0 aliphatic heterocycles. The van der Waals surface area contributed by atoms with Crippen LogP contribution in [0.15, 0.2) is 11.4 Å². The molecule has 1 saturated carbocycles. The van der Waals surface area contributed by atoms with E-state index in [1.54, 1.807) is 0 Å². The Hall–Kier alpha value is -1.36. The van der Waals surface area contributed by atoms with Crippen LogP contribution in [0.5, 0.6) is 0 Å². The van der Waals surface area contributed by atoms with E-state index in [2.05, 4.69) is 15.3 Å². The number of rotatable bonds is 3. The molecule has 1 aliphatic rings. The van der Waals surface area contributed by atoms with Gasteiger partial charge in [-0.05, 0) is 25.7 Å². The van der Waals surface area contributed by atoms with Gasteiger partial charge in [0.15, 0.2) is 5.82 Å². The molecule has 2 N–H and O–H groups in total. The summed E-state index contributed by atoms with van der Waals surface area (Å²) >= 11 is -1.27. The van der Waals surface area contributed by atoms with E-state index < -0.39 is 11.2 Å². The van der Waals surface area contributed by atoms with Crippen molar-refractivity contribution in [3.8, 4) is 6.07 Å². The lowest BCUT2D eigenvalue weighted by atomic mass is 9.93. The molecule has 1 aliphatic carbocycles. The monoisotopic (exact) mass is 280 g/mol. The highest BCUT2D eigenvalue weighted by Gasteiger charge is 2.21. The molecule has 1 aromatic heterocycles. The third-order valence-corrected chi connectivity index (χ3v) is 3.89. The Bertz CT molecular complexity index is 481. The Morgan fingerprint density at radius 3 is 2.74 bits per heavy atom. The molecule has 0 radical (unpaired) electrons. The molecule has 1 fully saturated rings. The molecule has 102 valence electrons. The van der Waals surface area contributed by atoms with Crippen molar-refractivity contribution in [3.63, 3.8) is 0 Å². The SMILES string of the molecule is C[S+]([O-])c1ncc(C#N)c(N[C@H]2CC[C@@H](O)CC2)n1. The van der Waals surface area contributed by atoms with Gasteiger partial charge < -0.3 is 15.0 Å². The first kappa shape index (κ1) is 14.1. The van der Waals surface area contributed by atoms with E-state index in [0.29, 0.717) is 11.4 Å². The summed E-state index contributed by atoms with van der Waals surface area (Å²) in [6.07, 6.45) is 5.83. The zero-order valence-electron chi connectivity index (χ0n) is 10.7. The molecular weight excluding hydrogens is 264 g/mol. The van der Waals surface area contributed by atoms with E-state index in [1.165, 1.54) is 12.5 Å². The van der Waals surface area contributed by atoms with Gasteiger partial charge in [-0.25, -0.2) is 0 Å². The minimum atomic E-state index is -1.27. The molecule has 6 nitrogen and oxygen atoms in total. The summed E-state index contributed by atoms with van der Waals surface area (Å²) in [5, 5.41) is 21.9. The summed E-state index contributed by atoms with van der Waals surface area (Å²) in [6.45, 7) is 0. The van der Waals surface area contributed by atoms with Gasteiger partial charge >= 0.3 is 5.16 Å². The minimum Gasteiger partial charge on any atom is -0.609 e. The maximum absolute atomic E-state index is 11.4. The smallest absolute Gasteiger partial charge is 0.344 e. The van der Waals surface area contributed by atoms with Crippen LogP contribution < -0.4 is 5.32 Å². The number of nitrogens with zero attached hydrogens (tertiary/aromatic N) is 3. The predicted molar refractivity (Wildman–Crippen MR) is 71.0 cm³/mol. The molecule has 1 heterocycles. The number of aromatic nitrogens is 2. The standard InChI is InChI=1S/C12H16N4O2S/c1-19(18)12-14-7-8(6-13)11(16-12)15-9-2-4-10(17)5-3-9/h7,9-10,17H,2-5H2,1H3,(H,14,15,16)/t9-,10+,19?. The highest BCUT2D eigenvalue weighted by molar-refractivity contribution is 7.90.